The Bertz CT molecular complexity index is 1060. The number of aromatic nitrogens is 2. The number of benzene rings is 1. The van der Waals surface area contributed by atoms with E-state index < -0.39 is 17.5 Å². The maximum atomic E-state index is 12.4. The van der Waals surface area contributed by atoms with Crippen LogP contribution in [0, 0.1) is 0 Å². The van der Waals surface area contributed by atoms with Gasteiger partial charge in [0.2, 0.25) is 6.29 Å². The summed E-state index contributed by atoms with van der Waals surface area (Å²) in [5.74, 6) is -0.673. The van der Waals surface area contributed by atoms with Crippen LogP contribution in [0.15, 0.2) is 65.6 Å². The molecule has 2 aromatic heterocycles. The van der Waals surface area contributed by atoms with Gasteiger partial charge in [-0.15, -0.1) is 0 Å². The van der Waals surface area contributed by atoms with Gasteiger partial charge in [-0.25, -0.2) is 0 Å². The van der Waals surface area contributed by atoms with Gasteiger partial charge in [-0.2, -0.15) is 0 Å². The smallest absolute Gasteiger partial charge is 0.261 e. The second-order valence-corrected chi connectivity index (χ2v) is 5.86. The number of aromatic amines is 1. The van der Waals surface area contributed by atoms with Crippen LogP contribution in [0.4, 0.5) is 0 Å². The third-order valence-electron chi connectivity index (χ3n) is 3.92. The Kier molecular flexibility index (Phi) is 5.76. The summed E-state index contributed by atoms with van der Waals surface area (Å²) in [6, 6.07) is 13.1. The zero-order chi connectivity index (χ0) is 19.9. The summed E-state index contributed by atoms with van der Waals surface area (Å²) >= 11 is 0. The monoisotopic (exact) mass is 374 g/mol. The SMILES string of the molecule is O=[C]C(NC(=O)c1ccc(C=Cc2ccccn2)[nH]c1=O)c1ccc(O)cc1. The van der Waals surface area contributed by atoms with Gasteiger partial charge in [0.15, 0.2) is 0 Å². The molecule has 1 unspecified atom stereocenters. The van der Waals surface area contributed by atoms with Gasteiger partial charge in [-0.05, 0) is 54.1 Å². The van der Waals surface area contributed by atoms with Crippen LogP contribution >= 0.6 is 0 Å². The molecule has 0 aliphatic rings. The first-order valence-electron chi connectivity index (χ1n) is 8.37. The van der Waals surface area contributed by atoms with Gasteiger partial charge >= 0.3 is 0 Å². The molecule has 0 saturated carbocycles. The number of nitrogens with one attached hydrogen (secondary N) is 2. The molecule has 7 nitrogen and oxygen atoms in total. The van der Waals surface area contributed by atoms with Crippen molar-refractivity contribution in [1.82, 2.24) is 15.3 Å². The van der Waals surface area contributed by atoms with Gasteiger partial charge in [-0.3, -0.25) is 19.4 Å². The van der Waals surface area contributed by atoms with Crippen molar-refractivity contribution in [2.24, 2.45) is 0 Å². The van der Waals surface area contributed by atoms with Gasteiger partial charge < -0.3 is 15.4 Å². The number of H-pyrrole nitrogens is 1. The van der Waals surface area contributed by atoms with Gasteiger partial charge in [0.25, 0.3) is 11.5 Å². The van der Waals surface area contributed by atoms with Crippen molar-refractivity contribution in [3.63, 3.8) is 0 Å². The highest BCUT2D eigenvalue weighted by atomic mass is 16.3. The number of hydrogen-bond acceptors (Lipinski definition) is 5. The summed E-state index contributed by atoms with van der Waals surface area (Å²) in [6.45, 7) is 0. The Labute approximate surface area is 160 Å². The Morgan fingerprint density at radius 3 is 2.54 bits per heavy atom. The maximum absolute atomic E-state index is 12.4. The summed E-state index contributed by atoms with van der Waals surface area (Å²) < 4.78 is 0. The normalized spacial score (nSPS) is 11.9. The first-order chi connectivity index (χ1) is 13.6. The van der Waals surface area contributed by atoms with E-state index in [0.717, 1.165) is 5.69 Å². The molecule has 3 rings (SSSR count). The van der Waals surface area contributed by atoms with Crippen molar-refractivity contribution >= 4 is 24.3 Å². The number of phenolic OH excluding ortho intramolecular Hbond substituents is 1. The second kappa shape index (κ2) is 8.59. The van der Waals surface area contributed by atoms with Crippen LogP contribution in [0.1, 0.15) is 33.4 Å². The zero-order valence-corrected chi connectivity index (χ0v) is 14.6. The number of nitrogens with zero attached hydrogens (tertiary/aromatic N) is 1. The van der Waals surface area contributed by atoms with Crippen molar-refractivity contribution in [2.45, 2.75) is 6.04 Å². The molecule has 0 spiro atoms. The highest BCUT2D eigenvalue weighted by Crippen LogP contribution is 2.16. The largest absolute Gasteiger partial charge is 0.508 e. The van der Waals surface area contributed by atoms with Crippen LogP contribution in [0.5, 0.6) is 5.75 Å². The summed E-state index contributed by atoms with van der Waals surface area (Å²) in [7, 11) is 0. The lowest BCUT2D eigenvalue weighted by molar-refractivity contribution is 0.0944. The Morgan fingerprint density at radius 2 is 1.89 bits per heavy atom. The molecule has 0 saturated heterocycles. The molecule has 7 heteroatoms. The van der Waals surface area contributed by atoms with Gasteiger partial charge in [0, 0.05) is 11.9 Å². The predicted molar refractivity (Wildman–Crippen MR) is 104 cm³/mol. The third-order valence-corrected chi connectivity index (χ3v) is 3.92. The standard InChI is InChI=1S/C21H16N3O4/c25-13-19(14-4-9-17(26)10-5-14)24-21(28)18-11-8-16(23-20(18)27)7-6-15-3-1-2-12-22-15/h1-12,19,26H,(H,23,27)(H,24,28). The first kappa shape index (κ1) is 18.8. The quantitative estimate of drug-likeness (QED) is 0.612. The molecule has 3 aromatic rings. The van der Waals surface area contributed by atoms with Crippen LogP contribution in [0.25, 0.3) is 12.2 Å². The molecule has 0 fully saturated rings. The van der Waals surface area contributed by atoms with E-state index in [1.165, 1.54) is 30.3 Å². The number of phenols is 1. The van der Waals surface area contributed by atoms with Gasteiger partial charge in [0.05, 0.1) is 5.69 Å². The number of hydrogen-bond donors (Lipinski definition) is 3. The van der Waals surface area contributed by atoms with Gasteiger partial charge in [-0.1, -0.05) is 18.2 Å². The fourth-order valence-corrected chi connectivity index (χ4v) is 2.47. The second-order valence-electron chi connectivity index (χ2n) is 5.86. The van der Waals surface area contributed by atoms with E-state index >= 15 is 0 Å². The van der Waals surface area contributed by atoms with E-state index in [-0.39, 0.29) is 11.3 Å². The van der Waals surface area contributed by atoms with Crippen molar-refractivity contribution in [2.75, 3.05) is 0 Å². The topological polar surface area (TPSA) is 112 Å². The van der Waals surface area contributed by atoms with Crippen molar-refractivity contribution in [1.29, 1.82) is 0 Å². The molecule has 28 heavy (non-hydrogen) atoms. The molecule has 1 aromatic carbocycles. The molecule has 2 heterocycles. The fourth-order valence-electron chi connectivity index (χ4n) is 2.47. The van der Waals surface area contributed by atoms with E-state index in [4.69, 9.17) is 0 Å². The summed E-state index contributed by atoms with van der Waals surface area (Å²) in [5.41, 5.74) is 0.949. The average molecular weight is 374 g/mol. The highest BCUT2D eigenvalue weighted by Gasteiger charge is 2.18. The van der Waals surface area contributed by atoms with Crippen molar-refractivity contribution in [3.05, 3.63) is 93.7 Å². The maximum Gasteiger partial charge on any atom is 0.261 e. The van der Waals surface area contributed by atoms with Crippen LogP contribution in [0.3, 0.4) is 0 Å². The first-order valence-corrected chi connectivity index (χ1v) is 8.37. The molecule has 0 aliphatic heterocycles. The predicted octanol–water partition coefficient (Wildman–Crippen LogP) is 2.23. The molecule has 1 amide bonds. The lowest BCUT2D eigenvalue weighted by Crippen LogP contribution is -2.33. The minimum atomic E-state index is -1.06. The van der Waals surface area contributed by atoms with E-state index in [0.29, 0.717) is 11.3 Å². The van der Waals surface area contributed by atoms with Crippen LogP contribution in [0.2, 0.25) is 0 Å². The number of carbonyl (C=O) groups excluding carboxylic acids is 2. The molecule has 0 bridgehead atoms. The zero-order valence-electron chi connectivity index (χ0n) is 14.6. The highest BCUT2D eigenvalue weighted by molar-refractivity contribution is 5.95. The Hall–Kier alpha value is -4.00. The summed E-state index contributed by atoms with van der Waals surface area (Å²) in [6.07, 6.45) is 6.77. The number of carbonyl (C=O) groups is 1. The molecule has 1 atom stereocenters. The lowest BCUT2D eigenvalue weighted by atomic mass is 10.1. The summed E-state index contributed by atoms with van der Waals surface area (Å²) in [4.78, 5) is 42.6. The summed E-state index contributed by atoms with van der Waals surface area (Å²) in [5, 5.41) is 11.8. The minimum absolute atomic E-state index is 0.0329. The molecule has 3 N–H and O–H groups in total. The number of amides is 1. The van der Waals surface area contributed by atoms with Gasteiger partial charge in [0.1, 0.15) is 17.4 Å². The van der Waals surface area contributed by atoms with E-state index in [1.54, 1.807) is 36.8 Å². The van der Waals surface area contributed by atoms with Crippen LogP contribution in [-0.2, 0) is 4.79 Å². The molecule has 0 aliphatic carbocycles. The molecule has 1 radical (unpaired) electrons. The number of pyridine rings is 2. The number of rotatable bonds is 6. The van der Waals surface area contributed by atoms with Crippen LogP contribution < -0.4 is 10.9 Å². The number of aromatic hydroxyl groups is 1. The third kappa shape index (κ3) is 4.59. The van der Waals surface area contributed by atoms with E-state index in [9.17, 15) is 19.5 Å². The minimum Gasteiger partial charge on any atom is -0.508 e. The molecule has 139 valence electrons. The Balaban J connectivity index is 1.75. The van der Waals surface area contributed by atoms with Crippen molar-refractivity contribution < 1.29 is 14.7 Å². The molecular formula is C21H16N3O4. The fraction of sp³-hybridized carbons (Fsp3) is 0.0476. The van der Waals surface area contributed by atoms with Crippen LogP contribution in [-0.4, -0.2) is 27.3 Å². The van der Waals surface area contributed by atoms with E-state index in [2.05, 4.69) is 15.3 Å². The van der Waals surface area contributed by atoms with E-state index in [1.807, 2.05) is 12.1 Å². The Morgan fingerprint density at radius 1 is 1.11 bits per heavy atom. The molecular weight excluding hydrogens is 358 g/mol. The lowest BCUT2D eigenvalue weighted by Gasteiger charge is -2.12. The average Bonchev–Trinajstić information content (AvgIpc) is 2.72. The van der Waals surface area contributed by atoms with Crippen molar-refractivity contribution in [3.8, 4) is 5.75 Å².